The number of hydrogen-bond donors (Lipinski definition) is 0. The first kappa shape index (κ1) is 24.6. The van der Waals surface area contributed by atoms with E-state index >= 15 is 0 Å². The number of hydrogen-bond acceptors (Lipinski definition) is 8. The number of anilines is 3. The molecule has 1 fully saturated rings. The van der Waals surface area contributed by atoms with Crippen LogP contribution in [-0.4, -0.2) is 60.1 Å². The Hall–Kier alpha value is -3.05. The zero-order valence-electron chi connectivity index (χ0n) is 20.6. The molecule has 0 spiro atoms. The molecule has 11 heteroatoms. The quantitative estimate of drug-likeness (QED) is 0.347. The fourth-order valence-corrected chi connectivity index (χ4v) is 6.71. The third-order valence-corrected chi connectivity index (χ3v) is 8.55. The van der Waals surface area contributed by atoms with Gasteiger partial charge in [0.15, 0.2) is 16.6 Å². The Bertz CT molecular complexity index is 1470. The zero-order valence-corrected chi connectivity index (χ0v) is 22.2. The predicted octanol–water partition coefficient (Wildman–Crippen LogP) is 4.58. The van der Waals surface area contributed by atoms with Crippen LogP contribution in [0.3, 0.4) is 0 Å². The zero-order chi connectivity index (χ0) is 25.4. The highest BCUT2D eigenvalue weighted by molar-refractivity contribution is 7.90. The van der Waals surface area contributed by atoms with Gasteiger partial charge in [0.05, 0.1) is 17.1 Å². The van der Waals surface area contributed by atoms with Crippen LogP contribution in [0.25, 0.3) is 16.9 Å². The van der Waals surface area contributed by atoms with Gasteiger partial charge in [-0.25, -0.2) is 22.8 Å². The summed E-state index contributed by atoms with van der Waals surface area (Å²) in [5.74, 6) is 1.88. The van der Waals surface area contributed by atoms with E-state index in [4.69, 9.17) is 15.1 Å². The van der Waals surface area contributed by atoms with Crippen molar-refractivity contribution in [2.24, 2.45) is 5.92 Å². The van der Waals surface area contributed by atoms with Gasteiger partial charge in [-0.2, -0.15) is 4.52 Å². The molecule has 5 rings (SSSR count). The fourth-order valence-electron chi connectivity index (χ4n) is 4.72. The highest BCUT2D eigenvalue weighted by Gasteiger charge is 2.25. The molecular weight excluding hydrogens is 499 g/mol. The van der Waals surface area contributed by atoms with Crippen LogP contribution in [-0.2, 0) is 16.3 Å². The van der Waals surface area contributed by atoms with Crippen molar-refractivity contribution in [3.8, 4) is 11.3 Å². The van der Waals surface area contributed by atoms with Crippen molar-refractivity contribution in [1.82, 2.24) is 19.6 Å². The molecule has 190 valence electrons. The van der Waals surface area contributed by atoms with Crippen LogP contribution in [0.15, 0.2) is 41.8 Å². The van der Waals surface area contributed by atoms with E-state index in [0.717, 1.165) is 71.7 Å². The van der Waals surface area contributed by atoms with E-state index in [1.165, 1.54) is 29.7 Å². The molecule has 0 N–H and O–H groups in total. The molecule has 0 atom stereocenters. The first-order valence-electron chi connectivity index (χ1n) is 12.0. The van der Waals surface area contributed by atoms with Gasteiger partial charge >= 0.3 is 0 Å². The van der Waals surface area contributed by atoms with Crippen molar-refractivity contribution in [2.75, 3.05) is 41.9 Å². The Morgan fingerprint density at radius 3 is 2.50 bits per heavy atom. The number of aryl methyl sites for hydroxylation is 1. The average Bonchev–Trinajstić information content (AvgIpc) is 3.48. The number of nitrogens with zero attached hydrogens (tertiary/aromatic N) is 6. The van der Waals surface area contributed by atoms with Crippen molar-refractivity contribution in [3.63, 3.8) is 0 Å². The third kappa shape index (κ3) is 5.08. The van der Waals surface area contributed by atoms with E-state index in [9.17, 15) is 12.8 Å². The molecule has 4 heterocycles. The lowest BCUT2D eigenvalue weighted by Gasteiger charge is -2.32. The van der Waals surface area contributed by atoms with Crippen LogP contribution in [0, 0.1) is 11.7 Å². The van der Waals surface area contributed by atoms with Gasteiger partial charge in [0, 0.05) is 37.3 Å². The van der Waals surface area contributed by atoms with Gasteiger partial charge in [0.25, 0.3) is 0 Å². The summed E-state index contributed by atoms with van der Waals surface area (Å²) in [5.41, 5.74) is 3.34. The Morgan fingerprint density at radius 1 is 1.11 bits per heavy atom. The third-order valence-electron chi connectivity index (χ3n) is 6.56. The normalized spacial score (nSPS) is 15.1. The number of benzene rings is 1. The van der Waals surface area contributed by atoms with Crippen LogP contribution < -0.4 is 9.80 Å². The lowest BCUT2D eigenvalue weighted by atomic mass is 9.99. The van der Waals surface area contributed by atoms with Gasteiger partial charge in [0.1, 0.15) is 21.5 Å². The Balaban J connectivity index is 1.42. The van der Waals surface area contributed by atoms with E-state index in [-0.39, 0.29) is 17.5 Å². The maximum Gasteiger partial charge on any atom is 0.191 e. The highest BCUT2D eigenvalue weighted by atomic mass is 32.2. The second-order valence-electron chi connectivity index (χ2n) is 9.30. The smallest absolute Gasteiger partial charge is 0.191 e. The van der Waals surface area contributed by atoms with E-state index in [1.54, 1.807) is 12.1 Å². The Kier molecular flexibility index (Phi) is 6.69. The molecule has 1 aliphatic rings. The van der Waals surface area contributed by atoms with E-state index in [0.29, 0.717) is 0 Å². The van der Waals surface area contributed by atoms with Crippen molar-refractivity contribution >= 4 is 43.6 Å². The molecule has 3 aromatic heterocycles. The molecule has 8 nitrogen and oxygen atoms in total. The summed E-state index contributed by atoms with van der Waals surface area (Å²) in [5, 5.41) is 7.70. The summed E-state index contributed by atoms with van der Waals surface area (Å²) in [6, 6.07) is 10.3. The van der Waals surface area contributed by atoms with Gasteiger partial charge in [-0.15, -0.1) is 16.4 Å². The molecule has 36 heavy (non-hydrogen) atoms. The number of aromatic nitrogens is 4. The lowest BCUT2D eigenvalue weighted by Crippen LogP contribution is -2.36. The van der Waals surface area contributed by atoms with Crippen molar-refractivity contribution < 1.29 is 12.8 Å². The molecule has 1 aromatic carbocycles. The molecule has 0 aliphatic carbocycles. The number of rotatable bonds is 7. The van der Waals surface area contributed by atoms with Gasteiger partial charge in [-0.05, 0) is 61.6 Å². The first-order chi connectivity index (χ1) is 17.2. The summed E-state index contributed by atoms with van der Waals surface area (Å²) < 4.78 is 38.6. The van der Waals surface area contributed by atoms with Gasteiger partial charge in [-0.3, -0.25) is 0 Å². The Morgan fingerprint density at radius 2 is 1.83 bits per heavy atom. The molecule has 1 saturated heterocycles. The molecule has 1 aliphatic heterocycles. The van der Waals surface area contributed by atoms with E-state index in [1.807, 2.05) is 34.0 Å². The minimum atomic E-state index is -2.97. The topological polar surface area (TPSA) is 83.7 Å². The first-order valence-corrected chi connectivity index (χ1v) is 14.9. The van der Waals surface area contributed by atoms with Crippen LogP contribution >= 0.6 is 11.3 Å². The molecule has 0 unspecified atom stereocenters. The number of halogens is 1. The largest absolute Gasteiger partial charge is 0.355 e. The molecule has 0 radical (unpaired) electrons. The molecule has 4 aromatic rings. The van der Waals surface area contributed by atoms with Crippen molar-refractivity contribution in [3.05, 3.63) is 53.3 Å². The second-order valence-corrected chi connectivity index (χ2v) is 12.3. The summed E-state index contributed by atoms with van der Waals surface area (Å²) in [6.07, 6.45) is 3.71. The van der Waals surface area contributed by atoms with E-state index in [2.05, 4.69) is 11.8 Å². The maximum atomic E-state index is 13.3. The molecule has 0 bridgehead atoms. The van der Waals surface area contributed by atoms with Gasteiger partial charge in [-0.1, -0.05) is 6.92 Å². The molecule has 0 amide bonds. The van der Waals surface area contributed by atoms with Crippen LogP contribution in [0.2, 0.25) is 0 Å². The number of sulfone groups is 1. The summed E-state index contributed by atoms with van der Waals surface area (Å²) in [6.45, 7) is 3.61. The monoisotopic (exact) mass is 528 g/mol. The fraction of sp³-hybridized carbons (Fsp3) is 0.400. The predicted molar refractivity (Wildman–Crippen MR) is 143 cm³/mol. The average molecular weight is 529 g/mol. The summed E-state index contributed by atoms with van der Waals surface area (Å²) in [4.78, 5) is 13.8. The van der Waals surface area contributed by atoms with Crippen LogP contribution in [0.1, 0.15) is 25.5 Å². The number of imidazole rings is 1. The highest BCUT2D eigenvalue weighted by Crippen LogP contribution is 2.34. The minimum absolute atomic E-state index is 0.196. The van der Waals surface area contributed by atoms with Crippen LogP contribution in [0.5, 0.6) is 0 Å². The standard InChI is InChI=1S/C25H29FN6O2S2/c1-4-20-24(30(2)25-28-21(15-35-25)18-5-7-19(26)8-6-18)32-22(27-20)9-10-23(29-32)31-13-11-17(12-14-31)16-36(3,33)34/h5-10,15,17H,4,11-14,16H2,1-3H3. The van der Waals surface area contributed by atoms with Crippen molar-refractivity contribution in [2.45, 2.75) is 26.2 Å². The molecular formula is C25H29FN6O2S2. The van der Waals surface area contributed by atoms with Gasteiger partial charge < -0.3 is 9.80 Å². The number of fused-ring (bicyclic) bond motifs is 1. The SMILES string of the molecule is CCc1nc2ccc(N3CCC(CS(C)(=O)=O)CC3)nn2c1N(C)c1nc(-c2ccc(F)cc2)cs1. The maximum absolute atomic E-state index is 13.3. The van der Waals surface area contributed by atoms with Crippen LogP contribution in [0.4, 0.5) is 21.2 Å². The van der Waals surface area contributed by atoms with E-state index < -0.39 is 9.84 Å². The Labute approximate surface area is 214 Å². The summed E-state index contributed by atoms with van der Waals surface area (Å²) >= 11 is 1.51. The molecule has 0 saturated carbocycles. The second kappa shape index (κ2) is 9.78. The number of piperidine rings is 1. The summed E-state index contributed by atoms with van der Waals surface area (Å²) in [7, 11) is -1.01. The lowest BCUT2D eigenvalue weighted by molar-refractivity contribution is 0.434. The van der Waals surface area contributed by atoms with Gasteiger partial charge in [0.2, 0.25) is 0 Å². The van der Waals surface area contributed by atoms with Crippen molar-refractivity contribution in [1.29, 1.82) is 0 Å². The number of thiazole rings is 1. The minimum Gasteiger partial charge on any atom is -0.355 e.